The molecule has 2 unspecified atom stereocenters. The van der Waals surface area contributed by atoms with Crippen LogP contribution in [0.3, 0.4) is 0 Å². The van der Waals surface area contributed by atoms with Crippen LogP contribution < -0.4 is 5.73 Å². The third-order valence-electron chi connectivity index (χ3n) is 2.69. The van der Waals surface area contributed by atoms with Crippen molar-refractivity contribution < 1.29 is 8.78 Å². The number of benzene rings is 1. The average Bonchev–Trinajstić information content (AvgIpc) is 2.76. The standard InChI is InChI=1S/C13H15F2N3S/c1-8(16)13(9-6-17-18(2)7-9)19-10-3-4-11(14)12(15)5-10/h3-8,13H,16H2,1-2H3. The van der Waals surface area contributed by atoms with E-state index in [1.165, 1.54) is 17.8 Å². The van der Waals surface area contributed by atoms with Crippen molar-refractivity contribution in [3.63, 3.8) is 0 Å². The third kappa shape index (κ3) is 3.33. The van der Waals surface area contributed by atoms with Gasteiger partial charge in [0.1, 0.15) is 0 Å². The second kappa shape index (κ2) is 5.71. The molecule has 2 aromatic rings. The second-order valence-electron chi connectivity index (χ2n) is 4.42. The smallest absolute Gasteiger partial charge is 0.159 e. The average molecular weight is 283 g/mol. The van der Waals surface area contributed by atoms with Crippen LogP contribution >= 0.6 is 11.8 Å². The molecule has 0 bridgehead atoms. The molecule has 102 valence electrons. The molecule has 19 heavy (non-hydrogen) atoms. The SMILES string of the molecule is CC(N)C(Sc1ccc(F)c(F)c1)c1cnn(C)c1. The Kier molecular flexibility index (Phi) is 4.21. The first kappa shape index (κ1) is 14.0. The van der Waals surface area contributed by atoms with E-state index in [1.54, 1.807) is 16.9 Å². The summed E-state index contributed by atoms with van der Waals surface area (Å²) in [6.45, 7) is 1.88. The third-order valence-corrected chi connectivity index (χ3v) is 4.17. The highest BCUT2D eigenvalue weighted by Gasteiger charge is 2.20. The van der Waals surface area contributed by atoms with Crippen LogP contribution in [0.5, 0.6) is 0 Å². The summed E-state index contributed by atoms with van der Waals surface area (Å²) in [5.74, 6) is -1.69. The van der Waals surface area contributed by atoms with E-state index in [9.17, 15) is 8.78 Å². The molecule has 0 spiro atoms. The molecule has 2 atom stereocenters. The van der Waals surface area contributed by atoms with Crippen LogP contribution in [0.2, 0.25) is 0 Å². The van der Waals surface area contributed by atoms with Gasteiger partial charge in [-0.1, -0.05) is 0 Å². The van der Waals surface area contributed by atoms with Crippen molar-refractivity contribution in [1.82, 2.24) is 9.78 Å². The minimum atomic E-state index is -0.848. The zero-order valence-corrected chi connectivity index (χ0v) is 11.5. The lowest BCUT2D eigenvalue weighted by molar-refractivity contribution is 0.506. The lowest BCUT2D eigenvalue weighted by Gasteiger charge is -2.19. The van der Waals surface area contributed by atoms with Crippen molar-refractivity contribution in [1.29, 1.82) is 0 Å². The lowest BCUT2D eigenvalue weighted by atomic mass is 10.1. The monoisotopic (exact) mass is 283 g/mol. The number of aromatic nitrogens is 2. The molecule has 3 nitrogen and oxygen atoms in total. The molecule has 0 fully saturated rings. The van der Waals surface area contributed by atoms with Crippen molar-refractivity contribution >= 4 is 11.8 Å². The van der Waals surface area contributed by atoms with E-state index in [0.29, 0.717) is 4.90 Å². The van der Waals surface area contributed by atoms with Crippen molar-refractivity contribution in [3.8, 4) is 0 Å². The Labute approximate surface area is 114 Å². The van der Waals surface area contributed by atoms with Crippen LogP contribution in [0.1, 0.15) is 17.7 Å². The van der Waals surface area contributed by atoms with Crippen LogP contribution in [0.25, 0.3) is 0 Å². The van der Waals surface area contributed by atoms with E-state index in [1.807, 2.05) is 20.2 Å². The summed E-state index contributed by atoms with van der Waals surface area (Å²) >= 11 is 1.40. The van der Waals surface area contributed by atoms with E-state index in [0.717, 1.165) is 11.6 Å². The van der Waals surface area contributed by atoms with Gasteiger partial charge in [-0.25, -0.2) is 8.78 Å². The van der Waals surface area contributed by atoms with Gasteiger partial charge in [0.25, 0.3) is 0 Å². The van der Waals surface area contributed by atoms with Gasteiger partial charge < -0.3 is 5.73 Å². The Morgan fingerprint density at radius 3 is 2.58 bits per heavy atom. The summed E-state index contributed by atoms with van der Waals surface area (Å²) in [5.41, 5.74) is 6.93. The molecular weight excluding hydrogens is 268 g/mol. The van der Waals surface area contributed by atoms with Crippen molar-refractivity contribution in [2.24, 2.45) is 12.8 Å². The van der Waals surface area contributed by atoms with Crippen molar-refractivity contribution in [2.45, 2.75) is 23.1 Å². The fourth-order valence-electron chi connectivity index (χ4n) is 1.76. The van der Waals surface area contributed by atoms with E-state index in [2.05, 4.69) is 5.10 Å². The summed E-state index contributed by atoms with van der Waals surface area (Å²) in [5, 5.41) is 4.05. The first-order valence-electron chi connectivity index (χ1n) is 5.83. The predicted octanol–water partition coefficient (Wildman–Crippen LogP) is 2.88. The first-order valence-corrected chi connectivity index (χ1v) is 6.71. The molecule has 0 saturated heterocycles. The fraction of sp³-hybridized carbons (Fsp3) is 0.308. The molecule has 1 heterocycles. The maximum atomic E-state index is 13.2. The van der Waals surface area contributed by atoms with Crippen molar-refractivity contribution in [3.05, 3.63) is 47.8 Å². The van der Waals surface area contributed by atoms with Gasteiger partial charge in [0.05, 0.1) is 11.4 Å². The molecule has 0 amide bonds. The number of rotatable bonds is 4. The highest BCUT2D eigenvalue weighted by Crippen LogP contribution is 2.37. The number of hydrogen-bond donors (Lipinski definition) is 1. The van der Waals surface area contributed by atoms with Crippen LogP contribution in [0.15, 0.2) is 35.5 Å². The lowest BCUT2D eigenvalue weighted by Crippen LogP contribution is -2.22. The molecule has 6 heteroatoms. The summed E-state index contributed by atoms with van der Waals surface area (Å²) < 4.78 is 27.8. The Balaban J connectivity index is 2.23. The summed E-state index contributed by atoms with van der Waals surface area (Å²) in [4.78, 5) is 0.644. The molecule has 2 N–H and O–H groups in total. The van der Waals surface area contributed by atoms with Crippen LogP contribution in [-0.2, 0) is 7.05 Å². The minimum Gasteiger partial charge on any atom is -0.327 e. The fourth-order valence-corrected chi connectivity index (χ4v) is 2.85. The summed E-state index contributed by atoms with van der Waals surface area (Å²) in [7, 11) is 1.82. The molecule has 0 radical (unpaired) electrons. The maximum Gasteiger partial charge on any atom is 0.159 e. The van der Waals surface area contributed by atoms with Crippen LogP contribution in [0, 0.1) is 11.6 Å². The number of halogens is 2. The largest absolute Gasteiger partial charge is 0.327 e. The zero-order chi connectivity index (χ0) is 14.0. The molecule has 2 rings (SSSR count). The highest BCUT2D eigenvalue weighted by atomic mass is 32.2. The number of aryl methyl sites for hydroxylation is 1. The number of hydrogen-bond acceptors (Lipinski definition) is 3. The quantitative estimate of drug-likeness (QED) is 0.877. The van der Waals surface area contributed by atoms with Gasteiger partial charge >= 0.3 is 0 Å². The number of nitrogens with two attached hydrogens (primary N) is 1. The van der Waals surface area contributed by atoms with Crippen molar-refractivity contribution in [2.75, 3.05) is 0 Å². The molecule has 0 saturated carbocycles. The van der Waals surface area contributed by atoms with Crippen LogP contribution in [0.4, 0.5) is 8.78 Å². The Morgan fingerprint density at radius 1 is 1.32 bits per heavy atom. The summed E-state index contributed by atoms with van der Waals surface area (Å²) in [6, 6.07) is 3.72. The van der Waals surface area contributed by atoms with Gasteiger partial charge in [0.15, 0.2) is 11.6 Å². The Morgan fingerprint density at radius 2 is 2.05 bits per heavy atom. The number of thioether (sulfide) groups is 1. The van der Waals surface area contributed by atoms with Crippen LogP contribution in [-0.4, -0.2) is 15.8 Å². The van der Waals surface area contributed by atoms with E-state index < -0.39 is 11.6 Å². The van der Waals surface area contributed by atoms with Gasteiger partial charge in [-0.2, -0.15) is 5.10 Å². The topological polar surface area (TPSA) is 43.8 Å². The predicted molar refractivity (Wildman–Crippen MR) is 71.8 cm³/mol. The maximum absolute atomic E-state index is 13.2. The molecule has 0 aliphatic carbocycles. The number of nitrogens with zero attached hydrogens (tertiary/aromatic N) is 2. The molecular formula is C13H15F2N3S. The van der Waals surface area contributed by atoms with Gasteiger partial charge in [-0.05, 0) is 25.1 Å². The summed E-state index contributed by atoms with van der Waals surface area (Å²) in [6.07, 6.45) is 3.61. The molecule has 0 aliphatic rings. The second-order valence-corrected chi connectivity index (χ2v) is 5.64. The minimum absolute atomic E-state index is 0.0569. The molecule has 1 aromatic heterocycles. The normalized spacial score (nSPS) is 14.4. The van der Waals surface area contributed by atoms with Gasteiger partial charge in [0.2, 0.25) is 0 Å². The van der Waals surface area contributed by atoms with E-state index >= 15 is 0 Å². The van der Waals surface area contributed by atoms with Gasteiger partial charge in [-0.3, -0.25) is 4.68 Å². The first-order chi connectivity index (χ1) is 8.97. The molecule has 1 aromatic carbocycles. The highest BCUT2D eigenvalue weighted by molar-refractivity contribution is 7.99. The molecule has 0 aliphatic heterocycles. The Bertz CT molecular complexity index is 569. The zero-order valence-electron chi connectivity index (χ0n) is 10.7. The van der Waals surface area contributed by atoms with E-state index in [4.69, 9.17) is 5.73 Å². The van der Waals surface area contributed by atoms with Gasteiger partial charge in [-0.15, -0.1) is 11.8 Å². The Hall–Kier alpha value is -1.40. The van der Waals surface area contributed by atoms with E-state index in [-0.39, 0.29) is 11.3 Å². The van der Waals surface area contributed by atoms with Gasteiger partial charge in [0, 0.05) is 29.7 Å².